The van der Waals surface area contributed by atoms with E-state index in [1.54, 1.807) is 0 Å². The molecular formula is C23H27N5O2. The number of aromatic nitrogens is 2. The van der Waals surface area contributed by atoms with Crippen molar-refractivity contribution in [3.05, 3.63) is 60.2 Å². The van der Waals surface area contributed by atoms with E-state index in [-0.39, 0.29) is 12.1 Å². The quantitative estimate of drug-likeness (QED) is 0.704. The average Bonchev–Trinajstić information content (AvgIpc) is 2.78. The van der Waals surface area contributed by atoms with Crippen LogP contribution in [0.2, 0.25) is 0 Å². The average molecular weight is 406 g/mol. The number of rotatable bonds is 5. The number of hydrogen-bond acceptors (Lipinski definition) is 5. The van der Waals surface area contributed by atoms with Crippen LogP contribution in [0.4, 0.5) is 10.6 Å². The van der Waals surface area contributed by atoms with E-state index in [1.807, 2.05) is 54.2 Å². The van der Waals surface area contributed by atoms with Crippen LogP contribution >= 0.6 is 0 Å². The monoisotopic (exact) mass is 405 g/mol. The predicted octanol–water partition coefficient (Wildman–Crippen LogP) is 3.45. The van der Waals surface area contributed by atoms with Gasteiger partial charge in [-0.2, -0.15) is 0 Å². The van der Waals surface area contributed by atoms with E-state index in [0.29, 0.717) is 19.0 Å². The molecule has 1 aromatic heterocycles. The summed E-state index contributed by atoms with van der Waals surface area (Å²) < 4.78 is 5.98. The van der Waals surface area contributed by atoms with Crippen LogP contribution < -0.4 is 15.0 Å². The van der Waals surface area contributed by atoms with Crippen LogP contribution in [0.3, 0.4) is 0 Å². The van der Waals surface area contributed by atoms with E-state index >= 15 is 0 Å². The van der Waals surface area contributed by atoms with Crippen LogP contribution in [0.25, 0.3) is 10.8 Å². The maximum Gasteiger partial charge on any atom is 0.317 e. The van der Waals surface area contributed by atoms with Crippen molar-refractivity contribution < 1.29 is 9.53 Å². The van der Waals surface area contributed by atoms with Gasteiger partial charge in [0.25, 0.3) is 0 Å². The van der Waals surface area contributed by atoms with Gasteiger partial charge in [0, 0.05) is 33.3 Å². The van der Waals surface area contributed by atoms with Gasteiger partial charge in [-0.1, -0.05) is 42.5 Å². The molecule has 0 saturated carbocycles. The van der Waals surface area contributed by atoms with Crippen molar-refractivity contribution in [2.45, 2.75) is 25.5 Å². The third-order valence-electron chi connectivity index (χ3n) is 5.35. The lowest BCUT2D eigenvalue weighted by atomic mass is 10.0. The molecule has 1 unspecified atom stereocenters. The minimum Gasteiger partial charge on any atom is -0.471 e. The van der Waals surface area contributed by atoms with Crippen molar-refractivity contribution in [3.8, 4) is 5.88 Å². The van der Waals surface area contributed by atoms with Gasteiger partial charge in [-0.05, 0) is 35.2 Å². The molecule has 0 bridgehead atoms. The van der Waals surface area contributed by atoms with Gasteiger partial charge in [0.15, 0.2) is 5.82 Å². The highest BCUT2D eigenvalue weighted by atomic mass is 16.5. The number of hydrogen-bond donors (Lipinski definition) is 1. The van der Waals surface area contributed by atoms with Crippen molar-refractivity contribution in [2.24, 2.45) is 0 Å². The lowest BCUT2D eigenvalue weighted by molar-refractivity contribution is 0.0969. The smallest absolute Gasteiger partial charge is 0.317 e. The summed E-state index contributed by atoms with van der Waals surface area (Å²) in [7, 11) is 3.83. The van der Waals surface area contributed by atoms with Gasteiger partial charge in [-0.3, -0.25) is 0 Å². The maximum atomic E-state index is 12.8. The minimum absolute atomic E-state index is 0.0646. The molecule has 2 aromatic carbocycles. The van der Waals surface area contributed by atoms with E-state index in [1.165, 1.54) is 10.8 Å². The number of fused-ring (bicyclic) bond motifs is 1. The molecule has 4 rings (SSSR count). The van der Waals surface area contributed by atoms with Crippen LogP contribution in [0.5, 0.6) is 5.88 Å². The summed E-state index contributed by atoms with van der Waals surface area (Å²) in [4.78, 5) is 16.5. The Balaban J connectivity index is 1.34. The molecule has 0 aliphatic carbocycles. The SMILES string of the molecule is CN(C)c1ccc(OC2CCCN(C(=O)NCc3cccc4ccccc34)C2)nn1. The summed E-state index contributed by atoms with van der Waals surface area (Å²) in [5.41, 5.74) is 1.11. The number of likely N-dealkylation sites (tertiary alicyclic amines) is 1. The Morgan fingerprint density at radius 2 is 1.97 bits per heavy atom. The molecular weight excluding hydrogens is 378 g/mol. The Bertz CT molecular complexity index is 1000. The molecule has 2 heterocycles. The zero-order valence-corrected chi connectivity index (χ0v) is 17.4. The van der Waals surface area contributed by atoms with Crippen LogP contribution in [0.1, 0.15) is 18.4 Å². The molecule has 1 aliphatic heterocycles. The number of piperidine rings is 1. The Morgan fingerprint density at radius 3 is 2.77 bits per heavy atom. The van der Waals surface area contributed by atoms with Crippen molar-refractivity contribution in [1.29, 1.82) is 0 Å². The predicted molar refractivity (Wildman–Crippen MR) is 118 cm³/mol. The van der Waals surface area contributed by atoms with Gasteiger partial charge < -0.3 is 19.9 Å². The van der Waals surface area contributed by atoms with E-state index in [4.69, 9.17) is 4.74 Å². The molecule has 30 heavy (non-hydrogen) atoms. The number of carbonyl (C=O) groups excluding carboxylic acids is 1. The van der Waals surface area contributed by atoms with E-state index in [0.717, 1.165) is 30.8 Å². The number of urea groups is 1. The molecule has 0 radical (unpaired) electrons. The summed E-state index contributed by atoms with van der Waals surface area (Å²) in [6.45, 7) is 1.77. The third-order valence-corrected chi connectivity index (χ3v) is 5.35. The maximum absolute atomic E-state index is 12.8. The second kappa shape index (κ2) is 8.98. The molecule has 1 N–H and O–H groups in total. The van der Waals surface area contributed by atoms with E-state index < -0.39 is 0 Å². The normalized spacial score (nSPS) is 16.3. The van der Waals surface area contributed by atoms with E-state index in [2.05, 4.69) is 39.8 Å². The Labute approximate surface area is 176 Å². The minimum atomic E-state index is -0.0819. The summed E-state index contributed by atoms with van der Waals surface area (Å²) in [6.07, 6.45) is 1.71. The van der Waals surface area contributed by atoms with Gasteiger partial charge >= 0.3 is 6.03 Å². The number of amides is 2. The summed E-state index contributed by atoms with van der Waals surface area (Å²) in [5, 5.41) is 13.7. The second-order valence-corrected chi connectivity index (χ2v) is 7.75. The fourth-order valence-corrected chi connectivity index (χ4v) is 3.73. The van der Waals surface area contributed by atoms with Gasteiger partial charge in [0.05, 0.1) is 6.54 Å². The van der Waals surface area contributed by atoms with Crippen LogP contribution in [-0.2, 0) is 6.54 Å². The Kier molecular flexibility index (Phi) is 5.97. The number of carbonyl (C=O) groups is 1. The molecule has 2 amide bonds. The third kappa shape index (κ3) is 4.62. The molecule has 3 aromatic rings. The summed E-state index contributed by atoms with van der Waals surface area (Å²) >= 11 is 0. The zero-order valence-electron chi connectivity index (χ0n) is 17.4. The highest BCUT2D eigenvalue weighted by Gasteiger charge is 2.25. The molecule has 156 valence electrons. The zero-order chi connectivity index (χ0) is 20.9. The van der Waals surface area contributed by atoms with Gasteiger partial charge in [0.2, 0.25) is 5.88 Å². The highest BCUT2D eigenvalue weighted by molar-refractivity contribution is 5.86. The molecule has 0 spiro atoms. The fraction of sp³-hybridized carbons (Fsp3) is 0.348. The Morgan fingerprint density at radius 1 is 1.13 bits per heavy atom. The number of nitrogens with zero attached hydrogens (tertiary/aromatic N) is 4. The van der Waals surface area contributed by atoms with Gasteiger partial charge in [0.1, 0.15) is 6.10 Å². The first-order valence-electron chi connectivity index (χ1n) is 10.3. The van der Waals surface area contributed by atoms with Crippen LogP contribution in [0.15, 0.2) is 54.6 Å². The second-order valence-electron chi connectivity index (χ2n) is 7.75. The fourth-order valence-electron chi connectivity index (χ4n) is 3.73. The first-order valence-corrected chi connectivity index (χ1v) is 10.3. The molecule has 1 atom stereocenters. The van der Waals surface area contributed by atoms with Crippen LogP contribution in [-0.4, -0.2) is 54.4 Å². The van der Waals surface area contributed by atoms with Crippen molar-refractivity contribution in [3.63, 3.8) is 0 Å². The number of nitrogens with one attached hydrogen (secondary N) is 1. The van der Waals surface area contributed by atoms with E-state index in [9.17, 15) is 4.79 Å². The standard InChI is InChI=1S/C23H27N5O2/c1-27(2)21-12-13-22(26-25-21)30-19-10-6-14-28(16-19)23(29)24-15-18-9-5-8-17-7-3-4-11-20(17)18/h3-5,7-9,11-13,19H,6,10,14-16H2,1-2H3,(H,24,29). The molecule has 1 aliphatic rings. The molecule has 7 heteroatoms. The number of ether oxygens (including phenoxy) is 1. The molecule has 1 fully saturated rings. The first kappa shape index (κ1) is 19.9. The first-order chi connectivity index (χ1) is 14.6. The lowest BCUT2D eigenvalue weighted by Gasteiger charge is -2.32. The molecule has 7 nitrogen and oxygen atoms in total. The summed E-state index contributed by atoms with van der Waals surface area (Å²) in [5.74, 6) is 1.27. The highest BCUT2D eigenvalue weighted by Crippen LogP contribution is 2.20. The van der Waals surface area contributed by atoms with Gasteiger partial charge in [-0.15, -0.1) is 10.2 Å². The number of anilines is 1. The number of benzene rings is 2. The van der Waals surface area contributed by atoms with Crippen molar-refractivity contribution in [1.82, 2.24) is 20.4 Å². The topological polar surface area (TPSA) is 70.6 Å². The molecule has 1 saturated heterocycles. The van der Waals surface area contributed by atoms with Crippen LogP contribution in [0, 0.1) is 0 Å². The largest absolute Gasteiger partial charge is 0.471 e. The van der Waals surface area contributed by atoms with Crippen molar-refractivity contribution in [2.75, 3.05) is 32.1 Å². The lowest BCUT2D eigenvalue weighted by Crippen LogP contribution is -2.48. The summed E-state index contributed by atoms with van der Waals surface area (Å²) in [6, 6.07) is 18.0. The Hall–Kier alpha value is -3.35. The van der Waals surface area contributed by atoms with Gasteiger partial charge in [-0.25, -0.2) is 4.79 Å². The van der Waals surface area contributed by atoms with Crippen molar-refractivity contribution >= 4 is 22.6 Å².